The molecule has 0 atom stereocenters. The highest BCUT2D eigenvalue weighted by Crippen LogP contribution is 2.49. The van der Waals surface area contributed by atoms with Crippen molar-refractivity contribution in [2.45, 2.75) is 25.3 Å². The highest BCUT2D eigenvalue weighted by atomic mass is 19.3. The number of benzene rings is 1. The van der Waals surface area contributed by atoms with E-state index in [1.54, 1.807) is 12.1 Å². The largest absolute Gasteiger partial charge is 0.326 e. The van der Waals surface area contributed by atoms with Crippen LogP contribution in [0.4, 0.5) is 8.78 Å². The molecule has 0 heterocycles. The Bertz CT molecular complexity index is 315. The summed E-state index contributed by atoms with van der Waals surface area (Å²) in [5.41, 5.74) is 6.41. The average molecular weight is 197 g/mol. The van der Waals surface area contributed by atoms with Crippen LogP contribution in [-0.4, -0.2) is 0 Å². The second-order valence-electron chi connectivity index (χ2n) is 3.80. The van der Waals surface area contributed by atoms with Crippen LogP contribution >= 0.6 is 0 Å². The van der Waals surface area contributed by atoms with Gasteiger partial charge in [0, 0.05) is 18.0 Å². The summed E-state index contributed by atoms with van der Waals surface area (Å²) in [5, 5.41) is 0. The Kier molecular flexibility index (Phi) is 2.27. The quantitative estimate of drug-likeness (QED) is 0.792. The van der Waals surface area contributed by atoms with E-state index in [-0.39, 0.29) is 5.56 Å². The highest BCUT2D eigenvalue weighted by Gasteiger charge is 2.47. The number of hydrogen-bond donors (Lipinski definition) is 1. The number of nitrogens with two attached hydrogens (primary N) is 1. The Hall–Kier alpha value is -0.960. The summed E-state index contributed by atoms with van der Waals surface area (Å²) in [4.78, 5) is 0. The number of alkyl halides is 2. The predicted octanol–water partition coefficient (Wildman–Crippen LogP) is 2.65. The maximum absolute atomic E-state index is 13.5. The number of halogens is 2. The molecule has 1 fully saturated rings. The molecule has 2 rings (SSSR count). The average Bonchev–Trinajstić information content (AvgIpc) is 3.01. The molecule has 3 heteroatoms. The molecular formula is C11H13F2N. The Morgan fingerprint density at radius 1 is 1.21 bits per heavy atom. The van der Waals surface area contributed by atoms with Gasteiger partial charge in [0.05, 0.1) is 0 Å². The Morgan fingerprint density at radius 3 is 2.21 bits per heavy atom. The maximum Gasteiger partial charge on any atom is 0.276 e. The molecule has 1 aliphatic rings. The van der Waals surface area contributed by atoms with Gasteiger partial charge in [0.25, 0.3) is 5.92 Å². The molecule has 1 nitrogen and oxygen atoms in total. The molecule has 0 spiro atoms. The molecular weight excluding hydrogens is 184 g/mol. The SMILES string of the molecule is NCc1ccc(C(F)(F)C2CC2)cc1. The maximum atomic E-state index is 13.5. The van der Waals surface area contributed by atoms with Crippen molar-refractivity contribution in [2.24, 2.45) is 11.7 Å². The second-order valence-corrected chi connectivity index (χ2v) is 3.80. The van der Waals surface area contributed by atoms with E-state index in [0.29, 0.717) is 19.4 Å². The summed E-state index contributed by atoms with van der Waals surface area (Å²) in [5.74, 6) is -3.08. The van der Waals surface area contributed by atoms with E-state index in [1.807, 2.05) is 0 Å². The molecule has 0 aromatic heterocycles. The second kappa shape index (κ2) is 3.31. The van der Waals surface area contributed by atoms with Crippen molar-refractivity contribution in [2.75, 3.05) is 0 Å². The molecule has 14 heavy (non-hydrogen) atoms. The van der Waals surface area contributed by atoms with E-state index in [9.17, 15) is 8.78 Å². The zero-order valence-electron chi connectivity index (χ0n) is 7.84. The Labute approximate surface area is 81.9 Å². The van der Waals surface area contributed by atoms with Crippen molar-refractivity contribution in [3.05, 3.63) is 35.4 Å². The van der Waals surface area contributed by atoms with Gasteiger partial charge in [0.1, 0.15) is 0 Å². The van der Waals surface area contributed by atoms with Crippen molar-refractivity contribution in [1.82, 2.24) is 0 Å². The fourth-order valence-electron chi connectivity index (χ4n) is 1.54. The molecule has 1 aromatic rings. The zero-order chi connectivity index (χ0) is 10.2. The first-order valence-corrected chi connectivity index (χ1v) is 4.82. The van der Waals surface area contributed by atoms with Crippen molar-refractivity contribution < 1.29 is 8.78 Å². The van der Waals surface area contributed by atoms with E-state index >= 15 is 0 Å². The van der Waals surface area contributed by atoms with Crippen molar-refractivity contribution in [3.63, 3.8) is 0 Å². The lowest BCUT2D eigenvalue weighted by Gasteiger charge is -2.15. The normalized spacial score (nSPS) is 17.1. The van der Waals surface area contributed by atoms with Crippen LogP contribution in [0.25, 0.3) is 0 Å². The van der Waals surface area contributed by atoms with Crippen LogP contribution in [0.5, 0.6) is 0 Å². The van der Waals surface area contributed by atoms with Gasteiger partial charge in [-0.1, -0.05) is 24.3 Å². The summed E-state index contributed by atoms with van der Waals surface area (Å²) in [6.45, 7) is 0.398. The fraction of sp³-hybridized carbons (Fsp3) is 0.455. The molecule has 2 N–H and O–H groups in total. The lowest BCUT2D eigenvalue weighted by Crippen LogP contribution is -2.15. The smallest absolute Gasteiger partial charge is 0.276 e. The Morgan fingerprint density at radius 2 is 1.79 bits per heavy atom. The van der Waals surface area contributed by atoms with Gasteiger partial charge in [-0.2, -0.15) is 0 Å². The molecule has 0 radical (unpaired) electrons. The summed E-state index contributed by atoms with van der Waals surface area (Å²) in [6.07, 6.45) is 1.29. The Balaban J connectivity index is 2.23. The van der Waals surface area contributed by atoms with Gasteiger partial charge in [0.15, 0.2) is 0 Å². The van der Waals surface area contributed by atoms with Gasteiger partial charge in [-0.3, -0.25) is 0 Å². The van der Waals surface area contributed by atoms with E-state index in [4.69, 9.17) is 5.73 Å². The molecule has 1 saturated carbocycles. The van der Waals surface area contributed by atoms with Gasteiger partial charge in [-0.25, -0.2) is 8.78 Å². The minimum absolute atomic E-state index is 0.122. The summed E-state index contributed by atoms with van der Waals surface area (Å²) in [7, 11) is 0. The van der Waals surface area contributed by atoms with Gasteiger partial charge in [-0.05, 0) is 18.4 Å². The van der Waals surface area contributed by atoms with E-state index < -0.39 is 11.8 Å². The van der Waals surface area contributed by atoms with Gasteiger partial charge >= 0.3 is 0 Å². The molecule has 0 aliphatic heterocycles. The third-order valence-electron chi connectivity index (χ3n) is 2.66. The molecule has 1 aliphatic carbocycles. The molecule has 0 bridgehead atoms. The van der Waals surface area contributed by atoms with Gasteiger partial charge < -0.3 is 5.73 Å². The summed E-state index contributed by atoms with van der Waals surface area (Å²) >= 11 is 0. The minimum atomic E-state index is -2.65. The van der Waals surface area contributed by atoms with Crippen LogP contribution in [0.1, 0.15) is 24.0 Å². The molecule has 76 valence electrons. The van der Waals surface area contributed by atoms with E-state index in [0.717, 1.165) is 5.56 Å². The zero-order valence-corrected chi connectivity index (χ0v) is 7.84. The van der Waals surface area contributed by atoms with Crippen LogP contribution in [-0.2, 0) is 12.5 Å². The standard InChI is InChI=1S/C11H13F2N/c12-11(13,10-5-6-10)9-3-1-8(7-14)2-4-9/h1-4,10H,5-7,14H2. The van der Waals surface area contributed by atoms with Crippen molar-refractivity contribution >= 4 is 0 Å². The number of rotatable bonds is 3. The van der Waals surface area contributed by atoms with E-state index in [1.165, 1.54) is 12.1 Å². The predicted molar refractivity (Wildman–Crippen MR) is 51.0 cm³/mol. The van der Waals surface area contributed by atoms with Crippen LogP contribution in [0, 0.1) is 5.92 Å². The monoisotopic (exact) mass is 197 g/mol. The summed E-state index contributed by atoms with van der Waals surface area (Å²) < 4.78 is 27.1. The van der Waals surface area contributed by atoms with Crippen LogP contribution in [0.15, 0.2) is 24.3 Å². The van der Waals surface area contributed by atoms with E-state index in [2.05, 4.69) is 0 Å². The van der Waals surface area contributed by atoms with Gasteiger partial charge in [0.2, 0.25) is 0 Å². The topological polar surface area (TPSA) is 26.0 Å². The minimum Gasteiger partial charge on any atom is -0.326 e. The third kappa shape index (κ3) is 1.64. The summed E-state index contributed by atoms with van der Waals surface area (Å²) in [6, 6.07) is 6.32. The molecule has 0 unspecified atom stereocenters. The third-order valence-corrected chi connectivity index (χ3v) is 2.66. The van der Waals surface area contributed by atoms with Crippen LogP contribution in [0.3, 0.4) is 0 Å². The van der Waals surface area contributed by atoms with Crippen molar-refractivity contribution in [3.8, 4) is 0 Å². The lowest BCUT2D eigenvalue weighted by molar-refractivity contribution is -0.0285. The first-order valence-electron chi connectivity index (χ1n) is 4.82. The molecule has 0 saturated heterocycles. The molecule has 0 amide bonds. The fourth-order valence-corrected chi connectivity index (χ4v) is 1.54. The van der Waals surface area contributed by atoms with Crippen molar-refractivity contribution in [1.29, 1.82) is 0 Å². The first kappa shape index (κ1) is 9.59. The highest BCUT2D eigenvalue weighted by molar-refractivity contribution is 5.27. The van der Waals surface area contributed by atoms with Crippen LogP contribution < -0.4 is 5.73 Å². The lowest BCUT2D eigenvalue weighted by atomic mass is 10.0. The first-order chi connectivity index (χ1) is 6.64. The number of hydrogen-bond acceptors (Lipinski definition) is 1. The van der Waals surface area contributed by atoms with Crippen LogP contribution in [0.2, 0.25) is 0 Å². The molecule has 1 aromatic carbocycles. The van der Waals surface area contributed by atoms with Gasteiger partial charge in [-0.15, -0.1) is 0 Å².